The number of benzene rings is 3. The zero-order chi connectivity index (χ0) is 29.1. The van der Waals surface area contributed by atoms with Gasteiger partial charge in [-0.05, 0) is 61.2 Å². The lowest BCUT2D eigenvalue weighted by Crippen LogP contribution is -2.38. The van der Waals surface area contributed by atoms with Gasteiger partial charge < -0.3 is 14.7 Å². The van der Waals surface area contributed by atoms with E-state index >= 15 is 0 Å². The molecule has 0 bridgehead atoms. The van der Waals surface area contributed by atoms with E-state index in [1.807, 2.05) is 38.1 Å². The number of carbonyl (C=O) groups is 2. The Morgan fingerprint density at radius 1 is 1.05 bits per heavy atom. The first-order valence-corrected chi connectivity index (χ1v) is 15.1. The van der Waals surface area contributed by atoms with Crippen molar-refractivity contribution in [1.82, 2.24) is 9.78 Å². The number of hydrogen-bond donors (Lipinski definition) is 3. The van der Waals surface area contributed by atoms with Crippen LogP contribution in [0.1, 0.15) is 39.9 Å². The van der Waals surface area contributed by atoms with E-state index in [1.54, 1.807) is 52.3 Å². The molecule has 0 radical (unpaired) electrons. The molecular formula is C31H33N3O6S. The third-order valence-electron chi connectivity index (χ3n) is 7.32. The lowest BCUT2D eigenvalue weighted by atomic mass is 10.1. The van der Waals surface area contributed by atoms with Crippen LogP contribution in [0.5, 0.6) is 5.75 Å². The average molecular weight is 576 g/mol. The molecule has 1 amide bonds. The maximum absolute atomic E-state index is 13.3. The fraction of sp³-hybridized carbons (Fsp3) is 0.258. The molecule has 5 rings (SSSR count). The summed E-state index contributed by atoms with van der Waals surface area (Å²) in [4.78, 5) is 26.6. The SMILES string of the molecule is Cc1cccc(OCCCC(=O)N2CCS(O)(O)c3c(-c4cnn(Cc5cccc(C(=O)O)c5)c4)cccc32)c1C. The molecule has 3 N–H and O–H groups in total. The minimum atomic E-state index is -3.14. The summed E-state index contributed by atoms with van der Waals surface area (Å²) in [5, 5.41) is 13.7. The Morgan fingerprint density at radius 2 is 1.83 bits per heavy atom. The fourth-order valence-electron chi connectivity index (χ4n) is 5.01. The molecule has 1 aliphatic rings. The van der Waals surface area contributed by atoms with Gasteiger partial charge in [0.15, 0.2) is 0 Å². The molecule has 0 aliphatic carbocycles. The van der Waals surface area contributed by atoms with Crippen LogP contribution < -0.4 is 9.64 Å². The summed E-state index contributed by atoms with van der Waals surface area (Å²) in [6.45, 7) is 5.01. The number of rotatable bonds is 9. The maximum atomic E-state index is 13.3. The monoisotopic (exact) mass is 575 g/mol. The number of aryl methyl sites for hydroxylation is 1. The number of aromatic nitrogens is 2. The van der Waals surface area contributed by atoms with E-state index in [1.165, 1.54) is 6.07 Å². The van der Waals surface area contributed by atoms with E-state index in [9.17, 15) is 23.8 Å². The Bertz CT molecular complexity index is 1600. The number of hydrogen-bond acceptors (Lipinski definition) is 6. The standard InChI is InChI=1S/C31H33N3O6S/c1-21-7-3-12-28(22(21)2)40-15-6-13-29(35)34-14-16-41(38,39)30-26(10-5-11-27(30)34)25-18-32-33(20-25)19-23-8-4-9-24(17-23)31(36)37/h3-5,7-12,17-18,20,38-39H,6,13-16,19H2,1-2H3,(H,36,37). The highest BCUT2D eigenvalue weighted by Gasteiger charge is 2.34. The van der Waals surface area contributed by atoms with Crippen LogP contribution in [0.4, 0.5) is 5.69 Å². The molecule has 41 heavy (non-hydrogen) atoms. The van der Waals surface area contributed by atoms with Gasteiger partial charge in [-0.1, -0.05) is 36.4 Å². The first kappa shape index (κ1) is 28.4. The molecule has 1 aromatic heterocycles. The van der Waals surface area contributed by atoms with Crippen LogP contribution in [0.15, 0.2) is 78.0 Å². The number of carboxylic acid groups (broad SMARTS) is 1. The molecule has 214 valence electrons. The highest BCUT2D eigenvalue weighted by molar-refractivity contribution is 8.24. The predicted octanol–water partition coefficient (Wildman–Crippen LogP) is 6.23. The topological polar surface area (TPSA) is 125 Å². The van der Waals surface area contributed by atoms with Crippen molar-refractivity contribution in [3.05, 3.63) is 95.3 Å². The third kappa shape index (κ3) is 6.14. The minimum Gasteiger partial charge on any atom is -0.493 e. The van der Waals surface area contributed by atoms with Crippen molar-refractivity contribution in [2.75, 3.05) is 23.8 Å². The van der Waals surface area contributed by atoms with Gasteiger partial charge in [0.25, 0.3) is 0 Å². The highest BCUT2D eigenvalue weighted by Crippen LogP contribution is 2.58. The van der Waals surface area contributed by atoms with Gasteiger partial charge >= 0.3 is 5.97 Å². The molecule has 3 aromatic carbocycles. The Hall–Kier alpha value is -4.12. The van der Waals surface area contributed by atoms with Crippen LogP contribution in [0.3, 0.4) is 0 Å². The van der Waals surface area contributed by atoms with Crippen LogP contribution >= 0.6 is 10.6 Å². The summed E-state index contributed by atoms with van der Waals surface area (Å²) in [5.41, 5.74) is 4.97. The molecule has 0 fully saturated rings. The number of fused-ring (bicyclic) bond motifs is 1. The summed E-state index contributed by atoms with van der Waals surface area (Å²) in [6.07, 6.45) is 4.21. The Morgan fingerprint density at radius 3 is 2.63 bits per heavy atom. The van der Waals surface area contributed by atoms with E-state index in [4.69, 9.17) is 4.74 Å². The largest absolute Gasteiger partial charge is 0.493 e. The Labute approximate surface area is 240 Å². The Balaban J connectivity index is 1.32. The third-order valence-corrected chi connectivity index (χ3v) is 9.16. The summed E-state index contributed by atoms with van der Waals surface area (Å²) < 4.78 is 29.7. The van der Waals surface area contributed by atoms with Crippen molar-refractivity contribution < 1.29 is 28.5 Å². The van der Waals surface area contributed by atoms with Crippen molar-refractivity contribution in [1.29, 1.82) is 0 Å². The summed E-state index contributed by atoms with van der Waals surface area (Å²) >= 11 is 0. The van der Waals surface area contributed by atoms with Gasteiger partial charge in [-0.15, -0.1) is 0 Å². The fourth-order valence-corrected chi connectivity index (χ4v) is 6.70. The summed E-state index contributed by atoms with van der Waals surface area (Å²) in [6, 6.07) is 17.9. The second-order valence-electron chi connectivity index (χ2n) is 10.2. The van der Waals surface area contributed by atoms with Crippen LogP contribution in [0, 0.1) is 13.8 Å². The second-order valence-corrected chi connectivity index (χ2v) is 12.3. The normalized spacial score (nSPS) is 14.8. The van der Waals surface area contributed by atoms with Crippen LogP contribution in [0.25, 0.3) is 11.1 Å². The molecule has 1 aliphatic heterocycles. The zero-order valence-electron chi connectivity index (χ0n) is 23.0. The van der Waals surface area contributed by atoms with Crippen LogP contribution in [-0.4, -0.2) is 54.8 Å². The van der Waals surface area contributed by atoms with Crippen LogP contribution in [0.2, 0.25) is 0 Å². The number of anilines is 1. The minimum absolute atomic E-state index is 0.0534. The van der Waals surface area contributed by atoms with Gasteiger partial charge in [-0.2, -0.15) is 15.7 Å². The summed E-state index contributed by atoms with van der Waals surface area (Å²) in [5.74, 6) is -0.230. The molecule has 10 heteroatoms. The molecule has 2 heterocycles. The number of ether oxygens (including phenoxy) is 1. The first-order chi connectivity index (χ1) is 19.6. The predicted molar refractivity (Wildman–Crippen MR) is 159 cm³/mol. The number of carbonyl (C=O) groups excluding carboxylic acids is 1. The van der Waals surface area contributed by atoms with E-state index < -0.39 is 16.6 Å². The molecular weight excluding hydrogens is 542 g/mol. The van der Waals surface area contributed by atoms with Crippen molar-refractivity contribution in [3.8, 4) is 16.9 Å². The van der Waals surface area contributed by atoms with Crippen molar-refractivity contribution in [3.63, 3.8) is 0 Å². The van der Waals surface area contributed by atoms with E-state index in [2.05, 4.69) is 5.10 Å². The molecule has 0 saturated heterocycles. The van der Waals surface area contributed by atoms with Crippen molar-refractivity contribution >= 4 is 28.2 Å². The lowest BCUT2D eigenvalue weighted by Gasteiger charge is -2.43. The number of carboxylic acids is 1. The number of nitrogens with zero attached hydrogens (tertiary/aromatic N) is 3. The van der Waals surface area contributed by atoms with Crippen LogP contribution in [-0.2, 0) is 11.3 Å². The van der Waals surface area contributed by atoms with Gasteiger partial charge in [0.05, 0.1) is 41.2 Å². The number of aromatic carboxylic acids is 1. The first-order valence-electron chi connectivity index (χ1n) is 13.4. The van der Waals surface area contributed by atoms with E-state index in [0.29, 0.717) is 41.3 Å². The number of amides is 1. The smallest absolute Gasteiger partial charge is 0.335 e. The van der Waals surface area contributed by atoms with Gasteiger partial charge in [0, 0.05) is 30.3 Å². The maximum Gasteiger partial charge on any atom is 0.335 e. The zero-order valence-corrected chi connectivity index (χ0v) is 23.8. The summed E-state index contributed by atoms with van der Waals surface area (Å²) in [7, 11) is -3.14. The lowest BCUT2D eigenvalue weighted by molar-refractivity contribution is -0.118. The van der Waals surface area contributed by atoms with Gasteiger partial charge in [-0.25, -0.2) is 4.79 Å². The van der Waals surface area contributed by atoms with Gasteiger partial charge in [-0.3, -0.25) is 18.6 Å². The molecule has 0 saturated carbocycles. The molecule has 4 aromatic rings. The van der Waals surface area contributed by atoms with Crippen molar-refractivity contribution in [2.45, 2.75) is 38.1 Å². The Kier molecular flexibility index (Phi) is 8.16. The molecule has 9 nitrogen and oxygen atoms in total. The van der Waals surface area contributed by atoms with E-state index in [0.717, 1.165) is 22.4 Å². The highest BCUT2D eigenvalue weighted by atomic mass is 32.3. The van der Waals surface area contributed by atoms with E-state index in [-0.39, 0.29) is 30.2 Å². The van der Waals surface area contributed by atoms with Gasteiger partial charge in [0.1, 0.15) is 5.75 Å². The average Bonchev–Trinajstić information content (AvgIpc) is 3.41. The molecule has 0 atom stereocenters. The second kappa shape index (κ2) is 11.8. The molecule has 0 unspecified atom stereocenters. The quantitative estimate of drug-likeness (QED) is 0.202. The molecule has 0 spiro atoms. The van der Waals surface area contributed by atoms with Crippen molar-refractivity contribution in [2.24, 2.45) is 0 Å². The van der Waals surface area contributed by atoms with Gasteiger partial charge in [0.2, 0.25) is 5.91 Å².